The molecule has 2 aromatic heterocycles. The molecule has 0 spiro atoms. The molecule has 0 aliphatic heterocycles. The number of benzene rings is 2. The van der Waals surface area contributed by atoms with Gasteiger partial charge in [-0.05, 0) is 42.5 Å². The fourth-order valence-electron chi connectivity index (χ4n) is 2.35. The van der Waals surface area contributed by atoms with Crippen LogP contribution in [-0.4, -0.2) is 15.9 Å². The average molecular weight is 355 g/mol. The predicted molar refractivity (Wildman–Crippen MR) is 92.3 cm³/mol. The van der Waals surface area contributed by atoms with Crippen molar-refractivity contribution in [1.29, 1.82) is 0 Å². The number of amides is 1. The van der Waals surface area contributed by atoms with Crippen LogP contribution >= 0.6 is 11.3 Å². The summed E-state index contributed by atoms with van der Waals surface area (Å²) in [4.78, 5) is 30.3. The van der Waals surface area contributed by atoms with Crippen LogP contribution in [0.3, 0.4) is 0 Å². The number of nitrogens with zero attached hydrogens (tertiary/aromatic N) is 1. The first-order valence-corrected chi connectivity index (χ1v) is 8.12. The van der Waals surface area contributed by atoms with E-state index in [0.717, 1.165) is 5.56 Å². The summed E-state index contributed by atoms with van der Waals surface area (Å²) >= 11 is 1.27. The van der Waals surface area contributed by atoms with Gasteiger partial charge in [-0.25, -0.2) is 14.2 Å². The number of rotatable bonds is 3. The van der Waals surface area contributed by atoms with Crippen molar-refractivity contribution in [1.82, 2.24) is 9.97 Å². The monoisotopic (exact) mass is 355 g/mol. The molecular weight excluding hydrogens is 345 g/mol. The molecule has 0 radical (unpaired) electrons. The minimum absolute atomic E-state index is 0.343. The number of carbonyl (C=O) groups is 1. The molecule has 0 saturated carbocycles. The van der Waals surface area contributed by atoms with Crippen LogP contribution in [0.2, 0.25) is 0 Å². The smallest absolute Gasteiger partial charge is 0.408 e. The minimum Gasteiger partial charge on any atom is -0.408 e. The van der Waals surface area contributed by atoms with E-state index >= 15 is 0 Å². The quantitative estimate of drug-likeness (QED) is 0.587. The molecule has 0 aliphatic rings. The van der Waals surface area contributed by atoms with E-state index < -0.39 is 11.6 Å². The zero-order chi connectivity index (χ0) is 17.4. The number of hydrogen-bond donors (Lipinski definition) is 2. The topological polar surface area (TPSA) is 88.0 Å². The molecule has 0 atom stereocenters. The largest absolute Gasteiger partial charge is 0.417 e. The van der Waals surface area contributed by atoms with Gasteiger partial charge in [0.1, 0.15) is 5.82 Å². The third-order valence-electron chi connectivity index (χ3n) is 3.55. The number of aromatic amines is 1. The number of carbonyl (C=O) groups excluding carboxylic acids is 1. The molecule has 4 aromatic rings. The first-order valence-electron chi connectivity index (χ1n) is 7.24. The van der Waals surface area contributed by atoms with E-state index in [1.54, 1.807) is 23.6 Å². The fraction of sp³-hybridized carbons (Fsp3) is 0. The summed E-state index contributed by atoms with van der Waals surface area (Å²) in [6.07, 6.45) is 0. The van der Waals surface area contributed by atoms with Gasteiger partial charge in [0, 0.05) is 16.5 Å². The molecule has 0 fully saturated rings. The number of hydrogen-bond acceptors (Lipinski definition) is 5. The van der Waals surface area contributed by atoms with Gasteiger partial charge in [-0.1, -0.05) is 0 Å². The van der Waals surface area contributed by atoms with Crippen LogP contribution in [0.5, 0.6) is 0 Å². The van der Waals surface area contributed by atoms with E-state index in [9.17, 15) is 14.0 Å². The van der Waals surface area contributed by atoms with E-state index in [1.807, 2.05) is 0 Å². The van der Waals surface area contributed by atoms with Crippen molar-refractivity contribution < 1.29 is 13.6 Å². The second-order valence-corrected chi connectivity index (χ2v) is 6.08. The van der Waals surface area contributed by atoms with Crippen LogP contribution in [0, 0.1) is 5.82 Å². The summed E-state index contributed by atoms with van der Waals surface area (Å²) in [5.74, 6) is -1.28. The SMILES string of the molecule is O=C(Nc1nc(-c2ccc3oc(=O)[nH]c3c2)cs1)c1ccc(F)cc1. The first kappa shape index (κ1) is 15.3. The second kappa shape index (κ2) is 5.99. The summed E-state index contributed by atoms with van der Waals surface area (Å²) in [6.45, 7) is 0. The van der Waals surface area contributed by atoms with Crippen molar-refractivity contribution in [2.75, 3.05) is 5.32 Å². The molecular formula is C17H10FN3O3S. The molecule has 25 heavy (non-hydrogen) atoms. The summed E-state index contributed by atoms with van der Waals surface area (Å²) in [7, 11) is 0. The normalized spacial score (nSPS) is 10.9. The standard InChI is InChI=1S/C17H10FN3O3S/c18-11-4-1-9(2-5-11)15(22)21-16-19-13(8-25-16)10-3-6-14-12(7-10)20-17(23)24-14/h1-8H,(H,20,23)(H,19,21,22). The Bertz CT molecular complexity index is 1130. The number of thiazole rings is 1. The Morgan fingerprint density at radius 2 is 2.00 bits per heavy atom. The van der Waals surface area contributed by atoms with E-state index in [4.69, 9.17) is 4.42 Å². The van der Waals surface area contributed by atoms with Crippen molar-refractivity contribution in [2.45, 2.75) is 0 Å². The van der Waals surface area contributed by atoms with Gasteiger partial charge < -0.3 is 4.42 Å². The van der Waals surface area contributed by atoms with E-state index in [1.165, 1.54) is 35.6 Å². The van der Waals surface area contributed by atoms with Crippen LogP contribution in [-0.2, 0) is 0 Å². The van der Waals surface area contributed by atoms with Crippen molar-refractivity contribution >= 4 is 33.5 Å². The molecule has 6 nitrogen and oxygen atoms in total. The third-order valence-corrected chi connectivity index (χ3v) is 4.30. The van der Waals surface area contributed by atoms with Gasteiger partial charge in [0.25, 0.3) is 5.91 Å². The highest BCUT2D eigenvalue weighted by Crippen LogP contribution is 2.27. The van der Waals surface area contributed by atoms with Crippen molar-refractivity contribution in [2.24, 2.45) is 0 Å². The van der Waals surface area contributed by atoms with Gasteiger partial charge in [0.15, 0.2) is 10.7 Å². The molecule has 124 valence electrons. The lowest BCUT2D eigenvalue weighted by atomic mass is 10.1. The van der Waals surface area contributed by atoms with Gasteiger partial charge in [-0.3, -0.25) is 15.1 Å². The number of fused-ring (bicyclic) bond motifs is 1. The number of nitrogens with one attached hydrogen (secondary N) is 2. The lowest BCUT2D eigenvalue weighted by Gasteiger charge is -2.01. The van der Waals surface area contributed by atoms with Crippen LogP contribution in [0.15, 0.2) is 57.1 Å². The number of H-pyrrole nitrogens is 1. The Morgan fingerprint density at radius 1 is 1.20 bits per heavy atom. The maximum absolute atomic E-state index is 12.9. The Kier molecular flexibility index (Phi) is 3.66. The zero-order valence-corrected chi connectivity index (χ0v) is 13.4. The molecule has 8 heteroatoms. The highest BCUT2D eigenvalue weighted by molar-refractivity contribution is 7.14. The summed E-state index contributed by atoms with van der Waals surface area (Å²) < 4.78 is 17.9. The fourth-order valence-corrected chi connectivity index (χ4v) is 3.06. The maximum Gasteiger partial charge on any atom is 0.417 e. The first-order chi connectivity index (χ1) is 12.1. The van der Waals surface area contributed by atoms with Gasteiger partial charge in [-0.15, -0.1) is 11.3 Å². The number of anilines is 1. The molecule has 0 bridgehead atoms. The molecule has 2 heterocycles. The van der Waals surface area contributed by atoms with Gasteiger partial charge in [-0.2, -0.15) is 0 Å². The number of aromatic nitrogens is 2. The molecule has 4 rings (SSSR count). The highest BCUT2D eigenvalue weighted by atomic mass is 32.1. The van der Waals surface area contributed by atoms with Crippen molar-refractivity contribution in [3.05, 3.63) is 69.8 Å². The zero-order valence-electron chi connectivity index (χ0n) is 12.6. The van der Waals surface area contributed by atoms with Gasteiger partial charge in [0.2, 0.25) is 0 Å². The summed E-state index contributed by atoms with van der Waals surface area (Å²) in [5, 5.41) is 4.89. The van der Waals surface area contributed by atoms with Crippen LogP contribution in [0.1, 0.15) is 10.4 Å². The van der Waals surface area contributed by atoms with Crippen molar-refractivity contribution in [3.63, 3.8) is 0 Å². The Morgan fingerprint density at radius 3 is 2.80 bits per heavy atom. The van der Waals surface area contributed by atoms with Gasteiger partial charge in [0.05, 0.1) is 11.2 Å². The molecule has 1 amide bonds. The minimum atomic E-state index is -0.516. The van der Waals surface area contributed by atoms with Crippen LogP contribution in [0.4, 0.5) is 9.52 Å². The molecule has 0 unspecified atom stereocenters. The lowest BCUT2D eigenvalue weighted by Crippen LogP contribution is -2.11. The summed E-state index contributed by atoms with van der Waals surface area (Å²) in [5.41, 5.74) is 2.82. The molecule has 2 N–H and O–H groups in total. The van der Waals surface area contributed by atoms with Gasteiger partial charge >= 0.3 is 5.76 Å². The second-order valence-electron chi connectivity index (χ2n) is 5.22. The Labute approximate surface area is 144 Å². The maximum atomic E-state index is 12.9. The van der Waals surface area contributed by atoms with Crippen LogP contribution < -0.4 is 11.1 Å². The predicted octanol–water partition coefficient (Wildman–Crippen LogP) is 3.64. The lowest BCUT2D eigenvalue weighted by molar-refractivity contribution is 0.102. The van der Waals surface area contributed by atoms with E-state index in [-0.39, 0.29) is 5.91 Å². The molecule has 0 saturated heterocycles. The number of halogens is 1. The molecule has 2 aromatic carbocycles. The van der Waals surface area contributed by atoms with E-state index in [0.29, 0.717) is 27.5 Å². The average Bonchev–Trinajstić information content (AvgIpc) is 3.20. The summed E-state index contributed by atoms with van der Waals surface area (Å²) in [6, 6.07) is 10.5. The Balaban J connectivity index is 1.57. The van der Waals surface area contributed by atoms with Crippen LogP contribution in [0.25, 0.3) is 22.4 Å². The Hall–Kier alpha value is -3.26. The van der Waals surface area contributed by atoms with E-state index in [2.05, 4.69) is 15.3 Å². The highest BCUT2D eigenvalue weighted by Gasteiger charge is 2.11. The molecule has 0 aliphatic carbocycles. The third kappa shape index (κ3) is 3.07. The van der Waals surface area contributed by atoms with Crippen molar-refractivity contribution in [3.8, 4) is 11.3 Å². The number of oxazole rings is 1.